The molecule has 3 N–H and O–H groups in total. The normalized spacial score (nSPS) is 17.9. The number of carbonyl (C=O) groups excluding carboxylic acids is 1. The zero-order chi connectivity index (χ0) is 24.4. The fourth-order valence-electron chi connectivity index (χ4n) is 5.58. The Labute approximate surface area is 206 Å². The summed E-state index contributed by atoms with van der Waals surface area (Å²) in [5.41, 5.74) is 6.56. The van der Waals surface area contributed by atoms with E-state index < -0.39 is 0 Å². The van der Waals surface area contributed by atoms with Crippen LogP contribution in [0.2, 0.25) is 0 Å². The van der Waals surface area contributed by atoms with Gasteiger partial charge in [-0.3, -0.25) is 14.3 Å². The van der Waals surface area contributed by atoms with Crippen LogP contribution >= 0.6 is 0 Å². The Balaban J connectivity index is 1.32. The molecule has 2 aliphatic carbocycles. The highest BCUT2D eigenvalue weighted by atomic mass is 16.2. The van der Waals surface area contributed by atoms with E-state index in [0.29, 0.717) is 6.54 Å². The second-order valence-electron chi connectivity index (χ2n) is 10.0. The SMILES string of the molecule is Cc1nn(Cc2ccccc2)c(C)c1CNC1CCCc2[nH]c(=O)c(C(=O)NC3CCCC3)cc21. The lowest BCUT2D eigenvalue weighted by Gasteiger charge is -2.27. The molecule has 1 fully saturated rings. The van der Waals surface area contributed by atoms with Gasteiger partial charge < -0.3 is 15.6 Å². The van der Waals surface area contributed by atoms with Gasteiger partial charge in [0.15, 0.2) is 0 Å². The van der Waals surface area contributed by atoms with Crippen molar-refractivity contribution < 1.29 is 4.79 Å². The summed E-state index contributed by atoms with van der Waals surface area (Å²) in [7, 11) is 0. The number of benzene rings is 1. The molecule has 184 valence electrons. The van der Waals surface area contributed by atoms with Crippen LogP contribution in [0, 0.1) is 13.8 Å². The van der Waals surface area contributed by atoms with Gasteiger partial charge in [-0.25, -0.2) is 0 Å². The molecule has 5 rings (SSSR count). The van der Waals surface area contributed by atoms with Gasteiger partial charge in [0.05, 0.1) is 12.2 Å². The van der Waals surface area contributed by atoms with E-state index in [1.165, 1.54) is 11.1 Å². The van der Waals surface area contributed by atoms with Crippen molar-refractivity contribution in [2.45, 2.75) is 84.0 Å². The number of carbonyl (C=O) groups is 1. The number of aromatic nitrogens is 3. The number of nitrogens with zero attached hydrogens (tertiary/aromatic N) is 2. The number of amides is 1. The Kier molecular flexibility index (Phi) is 6.86. The third kappa shape index (κ3) is 5.10. The minimum absolute atomic E-state index is 0.0879. The quantitative estimate of drug-likeness (QED) is 0.482. The molecule has 3 aromatic rings. The predicted molar refractivity (Wildman–Crippen MR) is 137 cm³/mol. The lowest BCUT2D eigenvalue weighted by Crippen LogP contribution is -2.37. The second kappa shape index (κ2) is 10.2. The number of pyridine rings is 1. The van der Waals surface area contributed by atoms with E-state index >= 15 is 0 Å². The molecule has 0 spiro atoms. The first-order valence-corrected chi connectivity index (χ1v) is 12.9. The molecule has 7 nitrogen and oxygen atoms in total. The van der Waals surface area contributed by atoms with Crippen LogP contribution in [0.25, 0.3) is 0 Å². The minimum atomic E-state index is -0.284. The molecule has 2 heterocycles. The van der Waals surface area contributed by atoms with E-state index in [1.807, 2.05) is 12.1 Å². The van der Waals surface area contributed by atoms with E-state index in [0.717, 1.165) is 74.1 Å². The first-order valence-electron chi connectivity index (χ1n) is 12.9. The van der Waals surface area contributed by atoms with Crippen molar-refractivity contribution in [3.63, 3.8) is 0 Å². The predicted octanol–water partition coefficient (Wildman–Crippen LogP) is 4.08. The van der Waals surface area contributed by atoms with E-state index in [1.54, 1.807) is 0 Å². The topological polar surface area (TPSA) is 91.8 Å². The van der Waals surface area contributed by atoms with Gasteiger partial charge in [-0.1, -0.05) is 43.2 Å². The second-order valence-corrected chi connectivity index (χ2v) is 10.0. The molecule has 2 aromatic heterocycles. The van der Waals surface area contributed by atoms with Crippen LogP contribution in [-0.4, -0.2) is 26.7 Å². The molecule has 0 bridgehead atoms. The summed E-state index contributed by atoms with van der Waals surface area (Å²) in [6, 6.07) is 12.5. The van der Waals surface area contributed by atoms with Crippen molar-refractivity contribution in [1.82, 2.24) is 25.4 Å². The number of hydrogen-bond acceptors (Lipinski definition) is 4. The van der Waals surface area contributed by atoms with Gasteiger partial charge in [-0.2, -0.15) is 5.10 Å². The van der Waals surface area contributed by atoms with E-state index in [2.05, 4.69) is 58.4 Å². The van der Waals surface area contributed by atoms with Crippen LogP contribution < -0.4 is 16.2 Å². The number of aryl methyl sites for hydroxylation is 2. The van der Waals surface area contributed by atoms with Crippen LogP contribution in [-0.2, 0) is 19.5 Å². The Bertz CT molecular complexity index is 1250. The van der Waals surface area contributed by atoms with Crippen molar-refractivity contribution in [3.05, 3.63) is 86.1 Å². The highest BCUT2D eigenvalue weighted by Gasteiger charge is 2.26. The Morgan fingerprint density at radius 3 is 2.66 bits per heavy atom. The first kappa shape index (κ1) is 23.5. The summed E-state index contributed by atoms with van der Waals surface area (Å²) in [6.07, 6.45) is 7.07. The van der Waals surface area contributed by atoms with Crippen LogP contribution in [0.1, 0.15) is 88.7 Å². The highest BCUT2D eigenvalue weighted by molar-refractivity contribution is 5.94. The van der Waals surface area contributed by atoms with Crippen molar-refractivity contribution in [3.8, 4) is 0 Å². The number of aromatic amines is 1. The lowest BCUT2D eigenvalue weighted by atomic mass is 9.90. The molecule has 0 radical (unpaired) electrons. The number of hydrogen-bond donors (Lipinski definition) is 3. The average Bonchev–Trinajstić information content (AvgIpc) is 3.45. The summed E-state index contributed by atoms with van der Waals surface area (Å²) >= 11 is 0. The van der Waals surface area contributed by atoms with E-state index in [9.17, 15) is 9.59 Å². The molecule has 7 heteroatoms. The maximum atomic E-state index is 12.9. The molecule has 2 aliphatic rings. The van der Waals surface area contributed by atoms with E-state index in [-0.39, 0.29) is 29.1 Å². The van der Waals surface area contributed by atoms with Gasteiger partial charge in [0, 0.05) is 35.6 Å². The first-order chi connectivity index (χ1) is 17.0. The van der Waals surface area contributed by atoms with Crippen molar-refractivity contribution in [2.75, 3.05) is 0 Å². The molecule has 0 saturated heterocycles. The molecular weight excluding hydrogens is 438 g/mol. The average molecular weight is 474 g/mol. The van der Waals surface area contributed by atoms with Gasteiger partial charge in [0.2, 0.25) is 0 Å². The van der Waals surface area contributed by atoms with Crippen molar-refractivity contribution in [1.29, 1.82) is 0 Å². The van der Waals surface area contributed by atoms with Gasteiger partial charge in [-0.15, -0.1) is 0 Å². The Morgan fingerprint density at radius 1 is 1.11 bits per heavy atom. The lowest BCUT2D eigenvalue weighted by molar-refractivity contribution is 0.0936. The van der Waals surface area contributed by atoms with Gasteiger partial charge in [0.1, 0.15) is 5.56 Å². The van der Waals surface area contributed by atoms with Gasteiger partial charge >= 0.3 is 0 Å². The maximum Gasteiger partial charge on any atom is 0.261 e. The van der Waals surface area contributed by atoms with Crippen molar-refractivity contribution >= 4 is 5.91 Å². The van der Waals surface area contributed by atoms with E-state index in [4.69, 9.17) is 5.10 Å². The summed E-state index contributed by atoms with van der Waals surface area (Å²) in [5.74, 6) is -0.251. The van der Waals surface area contributed by atoms with Crippen molar-refractivity contribution in [2.24, 2.45) is 0 Å². The number of rotatable bonds is 7. The summed E-state index contributed by atoms with van der Waals surface area (Å²) < 4.78 is 2.07. The maximum absolute atomic E-state index is 12.9. The van der Waals surface area contributed by atoms with Crippen LogP contribution in [0.15, 0.2) is 41.2 Å². The number of nitrogens with one attached hydrogen (secondary N) is 3. The molecule has 0 aliphatic heterocycles. The third-order valence-corrected chi connectivity index (χ3v) is 7.62. The van der Waals surface area contributed by atoms with Crippen LogP contribution in [0.5, 0.6) is 0 Å². The fourth-order valence-corrected chi connectivity index (χ4v) is 5.58. The molecular formula is C28H35N5O2. The number of fused-ring (bicyclic) bond motifs is 1. The molecule has 1 aromatic carbocycles. The standard InChI is InChI=1S/C28H35N5O2/c1-18-24(19(2)33(32-18)17-20-9-4-3-5-10-20)16-29-25-13-8-14-26-22(25)15-23(28(35)31-26)27(34)30-21-11-6-7-12-21/h3-5,9-10,15,21,25,29H,6-8,11-14,16-17H2,1-2H3,(H,30,34)(H,31,35). The summed E-state index contributed by atoms with van der Waals surface area (Å²) in [6.45, 7) is 5.63. The third-order valence-electron chi connectivity index (χ3n) is 7.62. The van der Waals surface area contributed by atoms with Crippen LogP contribution in [0.3, 0.4) is 0 Å². The minimum Gasteiger partial charge on any atom is -0.349 e. The molecule has 35 heavy (non-hydrogen) atoms. The zero-order valence-electron chi connectivity index (χ0n) is 20.7. The molecule has 1 amide bonds. The summed E-state index contributed by atoms with van der Waals surface area (Å²) in [4.78, 5) is 28.6. The molecule has 1 unspecified atom stereocenters. The summed E-state index contributed by atoms with van der Waals surface area (Å²) in [5, 5.41) is 11.6. The Hall–Kier alpha value is -3.19. The fraction of sp³-hybridized carbons (Fsp3) is 0.464. The molecule has 1 saturated carbocycles. The Morgan fingerprint density at radius 2 is 1.89 bits per heavy atom. The number of H-pyrrole nitrogens is 1. The van der Waals surface area contributed by atoms with Gasteiger partial charge in [0.25, 0.3) is 11.5 Å². The highest BCUT2D eigenvalue weighted by Crippen LogP contribution is 2.29. The van der Waals surface area contributed by atoms with Crippen LogP contribution in [0.4, 0.5) is 0 Å². The largest absolute Gasteiger partial charge is 0.349 e. The smallest absolute Gasteiger partial charge is 0.261 e. The zero-order valence-corrected chi connectivity index (χ0v) is 20.7. The van der Waals surface area contributed by atoms with Gasteiger partial charge in [-0.05, 0) is 63.1 Å². The molecule has 1 atom stereocenters. The monoisotopic (exact) mass is 473 g/mol.